The molecule has 0 spiro atoms. The van der Waals surface area contributed by atoms with Gasteiger partial charge in [0.25, 0.3) is 0 Å². The van der Waals surface area contributed by atoms with E-state index >= 15 is 0 Å². The number of rotatable bonds is 4. The van der Waals surface area contributed by atoms with Gasteiger partial charge in [-0.05, 0) is 67.7 Å². The van der Waals surface area contributed by atoms with Crippen LogP contribution in [0.3, 0.4) is 0 Å². The van der Waals surface area contributed by atoms with Crippen LogP contribution in [-0.2, 0) is 6.61 Å². The van der Waals surface area contributed by atoms with Crippen LogP contribution >= 0.6 is 0 Å². The van der Waals surface area contributed by atoms with Gasteiger partial charge in [0.1, 0.15) is 24.0 Å². The van der Waals surface area contributed by atoms with Gasteiger partial charge in [0.15, 0.2) is 0 Å². The zero-order valence-corrected chi connectivity index (χ0v) is 13.2. The molecule has 2 aromatic rings. The van der Waals surface area contributed by atoms with Crippen molar-refractivity contribution in [2.45, 2.75) is 25.4 Å². The Hall–Kier alpha value is -2.45. The van der Waals surface area contributed by atoms with E-state index in [-0.39, 0.29) is 23.9 Å². The number of nitrogens with zero attached hydrogens (tertiary/aromatic N) is 1. The lowest BCUT2D eigenvalue weighted by atomic mass is 9.90. The molecular formula is C19H18F2N2O. The molecule has 24 heavy (non-hydrogen) atoms. The SMILES string of the molecule is N#Cc1ccc(COc2ccc(F)c(C3CCNCC3)c2)c(F)c1. The van der Waals surface area contributed by atoms with Crippen molar-refractivity contribution in [3.8, 4) is 11.8 Å². The van der Waals surface area contributed by atoms with Crippen LogP contribution < -0.4 is 10.1 Å². The maximum atomic E-state index is 14.1. The Labute approximate surface area is 139 Å². The number of nitrogens with one attached hydrogen (secondary N) is 1. The van der Waals surface area contributed by atoms with Crippen LogP contribution in [0.1, 0.15) is 35.4 Å². The van der Waals surface area contributed by atoms with Gasteiger partial charge in [-0.3, -0.25) is 0 Å². The minimum Gasteiger partial charge on any atom is -0.489 e. The molecule has 1 N–H and O–H groups in total. The lowest BCUT2D eigenvalue weighted by Gasteiger charge is -2.23. The summed E-state index contributed by atoms with van der Waals surface area (Å²) in [7, 11) is 0. The minimum atomic E-state index is -0.477. The Morgan fingerprint density at radius 2 is 1.88 bits per heavy atom. The second-order valence-corrected chi connectivity index (χ2v) is 5.91. The van der Waals surface area contributed by atoms with E-state index in [4.69, 9.17) is 10.00 Å². The molecule has 0 amide bonds. The summed E-state index contributed by atoms with van der Waals surface area (Å²) in [6, 6.07) is 10.8. The second kappa shape index (κ2) is 7.41. The number of hydrogen-bond acceptors (Lipinski definition) is 3. The summed E-state index contributed by atoms with van der Waals surface area (Å²) in [6.07, 6.45) is 1.79. The summed E-state index contributed by atoms with van der Waals surface area (Å²) in [4.78, 5) is 0. The van der Waals surface area contributed by atoms with Crippen LogP contribution in [0.2, 0.25) is 0 Å². The quantitative estimate of drug-likeness (QED) is 0.926. The number of hydrogen-bond donors (Lipinski definition) is 1. The van der Waals surface area contributed by atoms with E-state index in [2.05, 4.69) is 5.32 Å². The van der Waals surface area contributed by atoms with Crippen LogP contribution in [-0.4, -0.2) is 13.1 Å². The molecule has 1 fully saturated rings. The van der Waals surface area contributed by atoms with E-state index in [1.807, 2.05) is 6.07 Å². The summed E-state index contributed by atoms with van der Waals surface area (Å²) in [6.45, 7) is 1.80. The first kappa shape index (κ1) is 16.4. The van der Waals surface area contributed by atoms with E-state index < -0.39 is 5.82 Å². The normalized spacial score (nSPS) is 15.0. The van der Waals surface area contributed by atoms with Crippen molar-refractivity contribution in [2.75, 3.05) is 13.1 Å². The van der Waals surface area contributed by atoms with Crippen molar-refractivity contribution in [2.24, 2.45) is 0 Å². The van der Waals surface area contributed by atoms with Gasteiger partial charge >= 0.3 is 0 Å². The number of ether oxygens (including phenoxy) is 1. The zero-order chi connectivity index (χ0) is 16.9. The standard InChI is InChI=1S/C19H18F2N2O/c20-18-4-3-16(10-17(18)14-5-7-23-8-6-14)24-12-15-2-1-13(11-22)9-19(15)21/h1-4,9-10,14,23H,5-8,12H2. The molecule has 5 heteroatoms. The maximum Gasteiger partial charge on any atom is 0.131 e. The van der Waals surface area contributed by atoms with Crippen molar-refractivity contribution in [3.05, 3.63) is 64.7 Å². The van der Waals surface area contributed by atoms with Crippen LogP contribution in [0, 0.1) is 23.0 Å². The van der Waals surface area contributed by atoms with E-state index in [0.717, 1.165) is 25.9 Å². The van der Waals surface area contributed by atoms with E-state index in [9.17, 15) is 8.78 Å². The fourth-order valence-electron chi connectivity index (χ4n) is 2.95. The highest BCUT2D eigenvalue weighted by atomic mass is 19.1. The number of piperidine rings is 1. The van der Waals surface area contributed by atoms with Gasteiger partial charge in [0.2, 0.25) is 0 Å². The smallest absolute Gasteiger partial charge is 0.131 e. The van der Waals surface area contributed by atoms with Crippen molar-refractivity contribution in [1.82, 2.24) is 5.32 Å². The Bertz CT molecular complexity index is 764. The van der Waals surface area contributed by atoms with Gasteiger partial charge in [-0.2, -0.15) is 5.26 Å². The number of halogens is 2. The molecule has 1 saturated heterocycles. The molecule has 0 saturated carbocycles. The average Bonchev–Trinajstić information content (AvgIpc) is 2.62. The molecule has 2 aromatic carbocycles. The summed E-state index contributed by atoms with van der Waals surface area (Å²) in [5, 5.41) is 12.0. The van der Waals surface area contributed by atoms with Gasteiger partial charge in [-0.15, -0.1) is 0 Å². The number of nitriles is 1. The topological polar surface area (TPSA) is 45.0 Å². The molecule has 1 heterocycles. The second-order valence-electron chi connectivity index (χ2n) is 5.91. The van der Waals surface area contributed by atoms with Crippen LogP contribution in [0.25, 0.3) is 0 Å². The first-order valence-electron chi connectivity index (χ1n) is 7.99. The molecule has 0 bridgehead atoms. The molecule has 0 unspecified atom stereocenters. The minimum absolute atomic E-state index is 0.0365. The molecular weight excluding hydrogens is 310 g/mol. The molecule has 0 aliphatic carbocycles. The van der Waals surface area contributed by atoms with Gasteiger partial charge in [-0.1, -0.05) is 6.07 Å². The first-order valence-corrected chi connectivity index (χ1v) is 7.99. The molecule has 3 nitrogen and oxygen atoms in total. The Morgan fingerprint density at radius 1 is 1.08 bits per heavy atom. The van der Waals surface area contributed by atoms with E-state index in [1.165, 1.54) is 18.2 Å². The van der Waals surface area contributed by atoms with Crippen LogP contribution in [0.4, 0.5) is 8.78 Å². The molecule has 1 aliphatic heterocycles. The third-order valence-corrected chi connectivity index (χ3v) is 4.32. The van der Waals surface area contributed by atoms with Gasteiger partial charge in [-0.25, -0.2) is 8.78 Å². The monoisotopic (exact) mass is 328 g/mol. The van der Waals surface area contributed by atoms with Crippen molar-refractivity contribution in [3.63, 3.8) is 0 Å². The van der Waals surface area contributed by atoms with E-state index in [0.29, 0.717) is 16.9 Å². The number of benzene rings is 2. The molecule has 1 aliphatic rings. The Kier molecular flexibility index (Phi) is 5.07. The molecule has 0 aromatic heterocycles. The summed E-state index contributed by atoms with van der Waals surface area (Å²) < 4.78 is 33.6. The lowest BCUT2D eigenvalue weighted by Crippen LogP contribution is -2.27. The predicted octanol–water partition coefficient (Wildman–Crippen LogP) is 3.88. The largest absolute Gasteiger partial charge is 0.489 e. The van der Waals surface area contributed by atoms with Crippen molar-refractivity contribution < 1.29 is 13.5 Å². The summed E-state index contributed by atoms with van der Waals surface area (Å²) >= 11 is 0. The molecule has 0 atom stereocenters. The summed E-state index contributed by atoms with van der Waals surface area (Å²) in [5.41, 5.74) is 1.29. The van der Waals surface area contributed by atoms with E-state index in [1.54, 1.807) is 18.2 Å². The highest BCUT2D eigenvalue weighted by molar-refractivity contribution is 5.35. The highest BCUT2D eigenvalue weighted by Gasteiger charge is 2.19. The highest BCUT2D eigenvalue weighted by Crippen LogP contribution is 2.30. The predicted molar refractivity (Wildman–Crippen MR) is 86.7 cm³/mol. The summed E-state index contributed by atoms with van der Waals surface area (Å²) in [5.74, 6) is 0.00341. The third-order valence-electron chi connectivity index (χ3n) is 4.32. The van der Waals surface area contributed by atoms with Gasteiger partial charge < -0.3 is 10.1 Å². The molecule has 3 rings (SSSR count). The van der Waals surface area contributed by atoms with Crippen molar-refractivity contribution >= 4 is 0 Å². The fraction of sp³-hybridized carbons (Fsp3) is 0.316. The third kappa shape index (κ3) is 3.72. The van der Waals surface area contributed by atoms with Crippen molar-refractivity contribution in [1.29, 1.82) is 5.26 Å². The zero-order valence-electron chi connectivity index (χ0n) is 13.2. The Balaban J connectivity index is 1.72. The lowest BCUT2D eigenvalue weighted by molar-refractivity contribution is 0.298. The average molecular weight is 328 g/mol. The maximum absolute atomic E-state index is 14.1. The van der Waals surface area contributed by atoms with Crippen LogP contribution in [0.15, 0.2) is 36.4 Å². The Morgan fingerprint density at radius 3 is 2.58 bits per heavy atom. The molecule has 0 radical (unpaired) electrons. The van der Waals surface area contributed by atoms with Gasteiger partial charge in [0.05, 0.1) is 11.6 Å². The molecule has 124 valence electrons. The fourth-order valence-corrected chi connectivity index (χ4v) is 2.95. The van der Waals surface area contributed by atoms with Gasteiger partial charge in [0, 0.05) is 5.56 Å². The first-order chi connectivity index (χ1) is 11.7. The van der Waals surface area contributed by atoms with Crippen LogP contribution in [0.5, 0.6) is 5.75 Å².